The molecule has 0 radical (unpaired) electrons. The molecular weight excluding hydrogens is 567 g/mol. The van der Waals surface area contributed by atoms with Gasteiger partial charge in [-0.2, -0.15) is 5.26 Å². The number of benzene rings is 2. The Bertz CT molecular complexity index is 1330. The summed E-state index contributed by atoms with van der Waals surface area (Å²) in [5.41, 5.74) is 2.39. The molecule has 2 fully saturated rings. The van der Waals surface area contributed by atoms with Crippen molar-refractivity contribution in [1.82, 2.24) is 5.32 Å². The number of ether oxygens (including phenoxy) is 1. The number of nitrogens with two attached hydrogens (primary N) is 1. The molecule has 8 nitrogen and oxygen atoms in total. The van der Waals surface area contributed by atoms with Crippen LogP contribution in [-0.4, -0.2) is 53.5 Å². The summed E-state index contributed by atoms with van der Waals surface area (Å²) < 4.78 is 36.6. The van der Waals surface area contributed by atoms with Gasteiger partial charge in [-0.3, -0.25) is 14.9 Å². The van der Waals surface area contributed by atoms with Crippen LogP contribution < -0.4 is 11.1 Å². The molecule has 4 rings (SSSR count). The standard InChI is InChI=1S/C28H29Cl2F2N3O5/c29-15-5-6-18(20(31)9-15)28(13-33)21(11-27(14-36)7-2-8-27)35-25(26(39)40-12-16(37)10-22(34)38)23(28)17-3-1-4-19(30)24(17)32/h1,3-6,9,16,21,23,25,35-37H,2,7-8,10-12,14H2,(H2,34,38)/t16-,21-,23-,25+,28-/m0/s1. The van der Waals surface area contributed by atoms with Crippen LogP contribution in [0.4, 0.5) is 8.78 Å². The molecule has 40 heavy (non-hydrogen) atoms. The van der Waals surface area contributed by atoms with E-state index < -0.39 is 71.5 Å². The van der Waals surface area contributed by atoms with Gasteiger partial charge in [-0.25, -0.2) is 8.78 Å². The van der Waals surface area contributed by atoms with Crippen molar-refractivity contribution >= 4 is 35.1 Å². The number of amides is 1. The lowest BCUT2D eigenvalue weighted by molar-refractivity contribution is -0.150. The lowest BCUT2D eigenvalue weighted by Gasteiger charge is -2.45. The van der Waals surface area contributed by atoms with E-state index in [-0.39, 0.29) is 34.2 Å². The van der Waals surface area contributed by atoms with Gasteiger partial charge in [0.1, 0.15) is 29.7 Å². The minimum Gasteiger partial charge on any atom is -0.462 e. The summed E-state index contributed by atoms with van der Waals surface area (Å²) in [5, 5.41) is 34.0. The molecule has 5 N–H and O–H groups in total. The highest BCUT2D eigenvalue weighted by Gasteiger charge is 2.62. The lowest BCUT2D eigenvalue weighted by atomic mass is 9.59. The summed E-state index contributed by atoms with van der Waals surface area (Å²) in [7, 11) is 0. The van der Waals surface area contributed by atoms with Crippen molar-refractivity contribution in [3.63, 3.8) is 0 Å². The number of aliphatic hydroxyl groups excluding tert-OH is 2. The van der Waals surface area contributed by atoms with Gasteiger partial charge < -0.3 is 20.7 Å². The first-order valence-corrected chi connectivity index (χ1v) is 13.5. The summed E-state index contributed by atoms with van der Waals surface area (Å²) in [5.74, 6) is -4.84. The maximum atomic E-state index is 15.7. The third-order valence-electron chi connectivity index (χ3n) is 8.13. The van der Waals surface area contributed by atoms with Crippen molar-refractivity contribution in [3.05, 3.63) is 69.2 Å². The number of halogens is 4. The molecule has 1 amide bonds. The predicted octanol–water partition coefficient (Wildman–Crippen LogP) is 3.49. The monoisotopic (exact) mass is 595 g/mol. The fourth-order valence-electron chi connectivity index (χ4n) is 6.02. The van der Waals surface area contributed by atoms with Gasteiger partial charge >= 0.3 is 5.97 Å². The van der Waals surface area contributed by atoms with E-state index in [1.54, 1.807) is 0 Å². The van der Waals surface area contributed by atoms with E-state index in [1.807, 2.05) is 0 Å². The highest BCUT2D eigenvalue weighted by Crippen LogP contribution is 2.55. The number of nitrogens with one attached hydrogen (secondary N) is 1. The van der Waals surface area contributed by atoms with Gasteiger partial charge in [-0.15, -0.1) is 0 Å². The zero-order valence-corrected chi connectivity index (χ0v) is 22.9. The number of hydrogen-bond donors (Lipinski definition) is 4. The van der Waals surface area contributed by atoms with Gasteiger partial charge in [0, 0.05) is 29.2 Å². The molecule has 5 atom stereocenters. The van der Waals surface area contributed by atoms with Gasteiger partial charge in [0.2, 0.25) is 5.91 Å². The zero-order valence-electron chi connectivity index (χ0n) is 21.4. The van der Waals surface area contributed by atoms with Crippen LogP contribution in [-0.2, 0) is 19.7 Å². The molecule has 0 spiro atoms. The summed E-state index contributed by atoms with van der Waals surface area (Å²) in [6, 6.07) is 7.76. The number of nitrogens with zero attached hydrogens (tertiary/aromatic N) is 1. The summed E-state index contributed by atoms with van der Waals surface area (Å²) >= 11 is 12.1. The molecule has 1 saturated carbocycles. The van der Waals surface area contributed by atoms with E-state index in [0.29, 0.717) is 12.8 Å². The summed E-state index contributed by atoms with van der Waals surface area (Å²) in [6.07, 6.45) is 0.469. The number of carbonyl (C=O) groups is 2. The number of primary amides is 1. The van der Waals surface area contributed by atoms with Crippen LogP contribution in [0.1, 0.15) is 49.1 Å². The van der Waals surface area contributed by atoms with Crippen LogP contribution in [0.15, 0.2) is 36.4 Å². The Labute approximate surface area is 240 Å². The molecule has 214 valence electrons. The van der Waals surface area contributed by atoms with Crippen LogP contribution in [0.3, 0.4) is 0 Å². The Hall–Kier alpha value is -2.81. The van der Waals surface area contributed by atoms with Crippen LogP contribution >= 0.6 is 23.2 Å². The van der Waals surface area contributed by atoms with Crippen molar-refractivity contribution < 1.29 is 33.3 Å². The fourth-order valence-corrected chi connectivity index (χ4v) is 6.36. The molecule has 12 heteroatoms. The number of nitriles is 1. The van der Waals surface area contributed by atoms with E-state index >= 15 is 8.78 Å². The van der Waals surface area contributed by atoms with Crippen molar-refractivity contribution in [2.24, 2.45) is 11.1 Å². The molecule has 0 bridgehead atoms. The third kappa shape index (κ3) is 5.54. The van der Waals surface area contributed by atoms with Crippen LogP contribution in [0.25, 0.3) is 0 Å². The second-order valence-corrected chi connectivity index (χ2v) is 11.4. The number of carbonyl (C=O) groups excluding carboxylic acids is 2. The molecular formula is C28H29Cl2F2N3O5. The van der Waals surface area contributed by atoms with Gasteiger partial charge in [0.05, 0.1) is 23.6 Å². The Kier molecular flexibility index (Phi) is 9.02. The molecule has 1 aliphatic heterocycles. The highest BCUT2D eigenvalue weighted by atomic mass is 35.5. The Balaban J connectivity index is 1.88. The van der Waals surface area contributed by atoms with Gasteiger partial charge in [0.15, 0.2) is 0 Å². The average Bonchev–Trinajstić information content (AvgIpc) is 3.20. The molecule has 0 unspecified atom stereocenters. The molecule has 2 aliphatic rings. The van der Waals surface area contributed by atoms with E-state index in [4.69, 9.17) is 33.7 Å². The number of hydrogen-bond acceptors (Lipinski definition) is 7. The first-order chi connectivity index (χ1) is 19.0. The highest BCUT2D eigenvalue weighted by molar-refractivity contribution is 6.31. The van der Waals surface area contributed by atoms with Crippen molar-refractivity contribution in [3.8, 4) is 6.07 Å². The first-order valence-electron chi connectivity index (χ1n) is 12.8. The Morgan fingerprint density at radius 1 is 1.25 bits per heavy atom. The Morgan fingerprint density at radius 3 is 2.55 bits per heavy atom. The van der Waals surface area contributed by atoms with Crippen molar-refractivity contribution in [2.75, 3.05) is 13.2 Å². The minimum absolute atomic E-state index is 0.0764. The number of esters is 1. The van der Waals surface area contributed by atoms with E-state index in [2.05, 4.69) is 11.4 Å². The van der Waals surface area contributed by atoms with E-state index in [1.165, 1.54) is 30.3 Å². The van der Waals surface area contributed by atoms with Crippen LogP contribution in [0.5, 0.6) is 0 Å². The second kappa shape index (κ2) is 12.0. The minimum atomic E-state index is -1.88. The van der Waals surface area contributed by atoms with E-state index in [9.17, 15) is 25.1 Å². The largest absolute Gasteiger partial charge is 0.462 e. The quantitative estimate of drug-likeness (QED) is 0.307. The van der Waals surface area contributed by atoms with Gasteiger partial charge in [-0.05, 0) is 48.4 Å². The Morgan fingerprint density at radius 2 is 1.98 bits per heavy atom. The SMILES string of the molecule is N#C[C@]1(c2ccc(Cl)cc2F)[C@H](CC2(CO)CCC2)N[C@@H](C(=O)OC[C@@H](O)CC(N)=O)[C@@H]1c1cccc(Cl)c1F. The molecule has 0 aromatic heterocycles. The lowest BCUT2D eigenvalue weighted by Crippen LogP contribution is -2.48. The molecule has 2 aromatic rings. The maximum absolute atomic E-state index is 15.7. The predicted molar refractivity (Wildman–Crippen MR) is 142 cm³/mol. The summed E-state index contributed by atoms with van der Waals surface area (Å²) in [4.78, 5) is 24.7. The topological polar surface area (TPSA) is 146 Å². The van der Waals surface area contributed by atoms with E-state index in [0.717, 1.165) is 12.5 Å². The molecule has 2 aromatic carbocycles. The third-order valence-corrected chi connectivity index (χ3v) is 8.66. The second-order valence-electron chi connectivity index (χ2n) is 10.6. The van der Waals surface area contributed by atoms with Crippen LogP contribution in [0.2, 0.25) is 10.0 Å². The summed E-state index contributed by atoms with van der Waals surface area (Å²) in [6.45, 7) is -0.786. The zero-order chi connectivity index (χ0) is 29.2. The van der Waals surface area contributed by atoms with Crippen LogP contribution in [0, 0.1) is 28.4 Å². The maximum Gasteiger partial charge on any atom is 0.323 e. The fraction of sp³-hybridized carbons (Fsp3) is 0.464. The molecule has 1 aliphatic carbocycles. The molecule has 1 saturated heterocycles. The smallest absolute Gasteiger partial charge is 0.323 e. The van der Waals surface area contributed by atoms with Crippen molar-refractivity contribution in [2.45, 2.75) is 61.6 Å². The number of aliphatic hydroxyl groups is 2. The van der Waals surface area contributed by atoms with Gasteiger partial charge in [-0.1, -0.05) is 47.8 Å². The van der Waals surface area contributed by atoms with Crippen molar-refractivity contribution in [1.29, 1.82) is 5.26 Å². The average molecular weight is 596 g/mol. The van der Waals surface area contributed by atoms with Gasteiger partial charge in [0.25, 0.3) is 0 Å². The first kappa shape index (κ1) is 30.2. The molecule has 1 heterocycles. The normalized spacial score (nSPS) is 26.0. The number of rotatable bonds is 10.